The van der Waals surface area contributed by atoms with Crippen LogP contribution < -0.4 is 10.6 Å². The number of piperidine rings is 1. The minimum atomic E-state index is 0.124. The average molecular weight is 285 g/mol. The van der Waals surface area contributed by atoms with Crippen molar-refractivity contribution >= 4 is 5.91 Å². The van der Waals surface area contributed by atoms with Gasteiger partial charge in [-0.2, -0.15) is 0 Å². The fourth-order valence-corrected chi connectivity index (χ4v) is 2.55. The normalized spacial score (nSPS) is 19.6. The molecule has 1 aliphatic heterocycles. The highest BCUT2D eigenvalue weighted by Gasteiger charge is 2.20. The molecule has 0 spiro atoms. The molecular formula is C15H31N3O2. The van der Waals surface area contributed by atoms with E-state index < -0.39 is 0 Å². The summed E-state index contributed by atoms with van der Waals surface area (Å²) in [7, 11) is 1.68. The molecule has 1 aliphatic rings. The van der Waals surface area contributed by atoms with Gasteiger partial charge in [-0.25, -0.2) is 0 Å². The van der Waals surface area contributed by atoms with Gasteiger partial charge in [0, 0.05) is 32.8 Å². The van der Waals surface area contributed by atoms with Crippen LogP contribution in [-0.2, 0) is 9.53 Å². The van der Waals surface area contributed by atoms with Crippen LogP contribution in [0.3, 0.4) is 0 Å². The Morgan fingerprint density at radius 3 is 2.90 bits per heavy atom. The van der Waals surface area contributed by atoms with E-state index in [1.165, 1.54) is 12.8 Å². The first-order valence-electron chi connectivity index (χ1n) is 7.84. The average Bonchev–Trinajstić information content (AvgIpc) is 2.44. The van der Waals surface area contributed by atoms with Crippen molar-refractivity contribution in [2.45, 2.75) is 39.2 Å². The molecule has 0 aromatic heterocycles. The molecule has 1 fully saturated rings. The Kier molecular flexibility index (Phi) is 8.82. The Morgan fingerprint density at radius 1 is 1.50 bits per heavy atom. The number of hydrogen-bond donors (Lipinski definition) is 2. The summed E-state index contributed by atoms with van der Waals surface area (Å²) in [5.41, 5.74) is 0. The standard InChI is InChI=1S/C15H31N3O2/c1-13(2)18(11-14-6-4-7-16-10-14)12-15(19)17-8-5-9-20-3/h13-14,16H,4-12H2,1-3H3,(H,17,19). The number of nitrogens with one attached hydrogen (secondary N) is 2. The number of carbonyl (C=O) groups excluding carboxylic acids is 1. The van der Waals surface area contributed by atoms with Gasteiger partial charge in [-0.1, -0.05) is 0 Å². The quantitative estimate of drug-likeness (QED) is 0.617. The van der Waals surface area contributed by atoms with Gasteiger partial charge in [-0.05, 0) is 52.1 Å². The second kappa shape index (κ2) is 10.1. The summed E-state index contributed by atoms with van der Waals surface area (Å²) in [5.74, 6) is 0.797. The third-order valence-electron chi connectivity index (χ3n) is 3.82. The minimum absolute atomic E-state index is 0.124. The number of hydrogen-bond acceptors (Lipinski definition) is 4. The summed E-state index contributed by atoms with van der Waals surface area (Å²) in [5, 5.41) is 6.40. The van der Waals surface area contributed by atoms with E-state index in [1.54, 1.807) is 7.11 Å². The molecule has 0 aromatic carbocycles. The third-order valence-corrected chi connectivity index (χ3v) is 3.82. The summed E-state index contributed by atoms with van der Waals surface area (Å²) in [6, 6.07) is 0.404. The van der Waals surface area contributed by atoms with Gasteiger partial charge in [0.2, 0.25) is 5.91 Å². The molecule has 1 rings (SSSR count). The Hall–Kier alpha value is -0.650. The van der Waals surface area contributed by atoms with E-state index in [0.29, 0.717) is 31.7 Å². The maximum atomic E-state index is 12.0. The first-order chi connectivity index (χ1) is 9.63. The molecule has 2 N–H and O–H groups in total. The van der Waals surface area contributed by atoms with Gasteiger partial charge in [0.25, 0.3) is 0 Å². The van der Waals surface area contributed by atoms with Crippen LogP contribution in [0.15, 0.2) is 0 Å². The van der Waals surface area contributed by atoms with Gasteiger partial charge in [-0.3, -0.25) is 9.69 Å². The molecule has 5 heteroatoms. The molecule has 0 aliphatic carbocycles. The molecule has 1 amide bonds. The second-order valence-electron chi connectivity index (χ2n) is 5.93. The lowest BCUT2D eigenvalue weighted by molar-refractivity contribution is -0.122. The third kappa shape index (κ3) is 7.22. The van der Waals surface area contributed by atoms with Crippen molar-refractivity contribution in [3.8, 4) is 0 Å². The molecule has 1 saturated heterocycles. The van der Waals surface area contributed by atoms with Gasteiger partial charge in [0.15, 0.2) is 0 Å². The van der Waals surface area contributed by atoms with Crippen molar-refractivity contribution in [2.75, 3.05) is 46.4 Å². The summed E-state index contributed by atoms with van der Waals surface area (Å²) in [4.78, 5) is 14.2. The Labute approximate surface area is 123 Å². The molecule has 1 heterocycles. The number of rotatable bonds is 9. The molecule has 0 aromatic rings. The molecule has 0 radical (unpaired) electrons. The van der Waals surface area contributed by atoms with Crippen molar-refractivity contribution in [2.24, 2.45) is 5.92 Å². The van der Waals surface area contributed by atoms with Crippen LogP contribution in [0.25, 0.3) is 0 Å². The van der Waals surface area contributed by atoms with E-state index in [4.69, 9.17) is 4.74 Å². The van der Waals surface area contributed by atoms with E-state index in [0.717, 1.165) is 26.1 Å². The van der Waals surface area contributed by atoms with Crippen molar-refractivity contribution < 1.29 is 9.53 Å². The van der Waals surface area contributed by atoms with Gasteiger partial charge < -0.3 is 15.4 Å². The maximum absolute atomic E-state index is 12.0. The van der Waals surface area contributed by atoms with E-state index in [1.807, 2.05) is 0 Å². The first kappa shape index (κ1) is 17.4. The topological polar surface area (TPSA) is 53.6 Å². The van der Waals surface area contributed by atoms with Crippen LogP contribution >= 0.6 is 0 Å². The molecule has 0 bridgehead atoms. The zero-order valence-corrected chi connectivity index (χ0v) is 13.3. The number of ether oxygens (including phenoxy) is 1. The molecular weight excluding hydrogens is 254 g/mol. The van der Waals surface area contributed by atoms with Crippen molar-refractivity contribution in [1.29, 1.82) is 0 Å². The van der Waals surface area contributed by atoms with Crippen molar-refractivity contribution in [3.63, 3.8) is 0 Å². The zero-order valence-electron chi connectivity index (χ0n) is 13.3. The number of methoxy groups -OCH3 is 1. The van der Waals surface area contributed by atoms with Crippen LogP contribution in [-0.4, -0.2) is 63.3 Å². The summed E-state index contributed by atoms with van der Waals surface area (Å²) < 4.78 is 4.97. The lowest BCUT2D eigenvalue weighted by Gasteiger charge is -2.32. The van der Waals surface area contributed by atoms with Crippen LogP contribution in [0, 0.1) is 5.92 Å². The predicted molar refractivity (Wildman–Crippen MR) is 81.8 cm³/mol. The Morgan fingerprint density at radius 2 is 2.30 bits per heavy atom. The predicted octanol–water partition coefficient (Wildman–Crippen LogP) is 0.849. The van der Waals surface area contributed by atoms with Gasteiger partial charge in [0.05, 0.1) is 6.54 Å². The van der Waals surface area contributed by atoms with E-state index in [2.05, 4.69) is 29.4 Å². The SMILES string of the molecule is COCCCNC(=O)CN(CC1CCCNC1)C(C)C. The summed E-state index contributed by atoms with van der Waals surface area (Å²) >= 11 is 0. The van der Waals surface area contributed by atoms with Crippen molar-refractivity contribution in [3.05, 3.63) is 0 Å². The highest BCUT2D eigenvalue weighted by atomic mass is 16.5. The maximum Gasteiger partial charge on any atom is 0.234 e. The fraction of sp³-hybridized carbons (Fsp3) is 0.933. The number of amides is 1. The summed E-state index contributed by atoms with van der Waals surface area (Å²) in [6.45, 7) is 9.45. The van der Waals surface area contributed by atoms with Crippen LogP contribution in [0.2, 0.25) is 0 Å². The van der Waals surface area contributed by atoms with Gasteiger partial charge >= 0.3 is 0 Å². The van der Waals surface area contributed by atoms with Crippen LogP contribution in [0.4, 0.5) is 0 Å². The summed E-state index contributed by atoms with van der Waals surface area (Å²) in [6.07, 6.45) is 3.39. The van der Waals surface area contributed by atoms with E-state index in [-0.39, 0.29) is 5.91 Å². The zero-order chi connectivity index (χ0) is 14.8. The van der Waals surface area contributed by atoms with E-state index in [9.17, 15) is 4.79 Å². The molecule has 1 unspecified atom stereocenters. The Balaban J connectivity index is 2.28. The van der Waals surface area contributed by atoms with Crippen LogP contribution in [0.5, 0.6) is 0 Å². The number of nitrogens with zero attached hydrogens (tertiary/aromatic N) is 1. The molecule has 118 valence electrons. The minimum Gasteiger partial charge on any atom is -0.385 e. The number of carbonyl (C=O) groups is 1. The molecule has 20 heavy (non-hydrogen) atoms. The highest BCUT2D eigenvalue weighted by Crippen LogP contribution is 2.13. The van der Waals surface area contributed by atoms with Gasteiger partial charge in [0.1, 0.15) is 0 Å². The fourth-order valence-electron chi connectivity index (χ4n) is 2.55. The first-order valence-corrected chi connectivity index (χ1v) is 7.84. The lowest BCUT2D eigenvalue weighted by atomic mass is 9.98. The highest BCUT2D eigenvalue weighted by molar-refractivity contribution is 5.78. The molecule has 1 atom stereocenters. The van der Waals surface area contributed by atoms with E-state index >= 15 is 0 Å². The van der Waals surface area contributed by atoms with Gasteiger partial charge in [-0.15, -0.1) is 0 Å². The smallest absolute Gasteiger partial charge is 0.234 e. The molecule has 0 saturated carbocycles. The Bertz CT molecular complexity index is 266. The lowest BCUT2D eigenvalue weighted by Crippen LogP contribution is -2.45. The second-order valence-corrected chi connectivity index (χ2v) is 5.93. The van der Waals surface area contributed by atoms with Crippen LogP contribution in [0.1, 0.15) is 33.1 Å². The molecule has 5 nitrogen and oxygen atoms in total. The van der Waals surface area contributed by atoms with Crippen molar-refractivity contribution in [1.82, 2.24) is 15.5 Å². The monoisotopic (exact) mass is 285 g/mol. The largest absolute Gasteiger partial charge is 0.385 e.